The second kappa shape index (κ2) is 9.46. The molecule has 5 heteroatoms. The maximum absolute atomic E-state index is 10.1. The molecular formula is C31H20N4S. The second-order valence-corrected chi connectivity index (χ2v) is 9.17. The van der Waals surface area contributed by atoms with Gasteiger partial charge in [-0.3, -0.25) is 0 Å². The van der Waals surface area contributed by atoms with Gasteiger partial charge in [-0.2, -0.15) is 10.4 Å². The van der Waals surface area contributed by atoms with Gasteiger partial charge in [-0.1, -0.05) is 91.0 Å². The third-order valence-electron chi connectivity index (χ3n) is 6.03. The van der Waals surface area contributed by atoms with E-state index in [1.165, 1.54) is 11.3 Å². The van der Waals surface area contributed by atoms with Crippen LogP contribution in [0.2, 0.25) is 0 Å². The van der Waals surface area contributed by atoms with Gasteiger partial charge < -0.3 is 0 Å². The summed E-state index contributed by atoms with van der Waals surface area (Å²) in [6.07, 6.45) is 3.88. The molecule has 0 N–H and O–H groups in total. The Morgan fingerprint density at radius 1 is 0.833 bits per heavy atom. The first-order chi connectivity index (χ1) is 17.8. The number of thiazole rings is 1. The molecule has 2 heterocycles. The lowest BCUT2D eigenvalue weighted by molar-refractivity contribution is 0.884. The molecule has 0 aliphatic heterocycles. The zero-order chi connectivity index (χ0) is 24.3. The van der Waals surface area contributed by atoms with Crippen molar-refractivity contribution in [1.29, 1.82) is 5.26 Å². The van der Waals surface area contributed by atoms with E-state index in [-0.39, 0.29) is 0 Å². The molecule has 2 aromatic heterocycles. The highest BCUT2D eigenvalue weighted by atomic mass is 32.1. The molecule has 0 aliphatic carbocycles. The lowest BCUT2D eigenvalue weighted by Crippen LogP contribution is -1.94. The van der Waals surface area contributed by atoms with Crippen LogP contribution in [0.1, 0.15) is 10.6 Å². The quantitative estimate of drug-likeness (QED) is 0.236. The summed E-state index contributed by atoms with van der Waals surface area (Å²) in [6, 6.07) is 36.9. The molecule has 0 saturated heterocycles. The monoisotopic (exact) mass is 480 g/mol. The van der Waals surface area contributed by atoms with E-state index < -0.39 is 0 Å². The maximum Gasteiger partial charge on any atom is 0.134 e. The molecule has 0 radical (unpaired) electrons. The molecular weight excluding hydrogens is 460 g/mol. The van der Waals surface area contributed by atoms with Gasteiger partial charge in [-0.25, -0.2) is 9.67 Å². The van der Waals surface area contributed by atoms with Crippen molar-refractivity contribution in [3.8, 4) is 34.3 Å². The van der Waals surface area contributed by atoms with Gasteiger partial charge in [0.15, 0.2) is 0 Å². The Bertz CT molecular complexity index is 1730. The van der Waals surface area contributed by atoms with Gasteiger partial charge in [-0.05, 0) is 29.0 Å². The molecule has 36 heavy (non-hydrogen) atoms. The Balaban J connectivity index is 1.51. The van der Waals surface area contributed by atoms with E-state index in [2.05, 4.69) is 30.3 Å². The fourth-order valence-corrected chi connectivity index (χ4v) is 5.08. The van der Waals surface area contributed by atoms with Crippen molar-refractivity contribution in [3.63, 3.8) is 0 Å². The molecule has 0 aliphatic rings. The van der Waals surface area contributed by atoms with Crippen LogP contribution in [0.15, 0.2) is 115 Å². The minimum Gasteiger partial charge on any atom is -0.240 e. The van der Waals surface area contributed by atoms with E-state index in [0.29, 0.717) is 10.6 Å². The van der Waals surface area contributed by atoms with Crippen LogP contribution in [-0.4, -0.2) is 14.8 Å². The highest BCUT2D eigenvalue weighted by Gasteiger charge is 2.16. The second-order valence-electron chi connectivity index (χ2n) is 8.31. The van der Waals surface area contributed by atoms with Gasteiger partial charge in [0.25, 0.3) is 0 Å². The smallest absolute Gasteiger partial charge is 0.134 e. The van der Waals surface area contributed by atoms with Gasteiger partial charge in [0.05, 0.1) is 17.0 Å². The van der Waals surface area contributed by atoms with Gasteiger partial charge >= 0.3 is 0 Å². The Morgan fingerprint density at radius 3 is 2.36 bits per heavy atom. The molecule has 6 aromatic rings. The van der Waals surface area contributed by atoms with Crippen molar-refractivity contribution < 1.29 is 0 Å². The zero-order valence-corrected chi connectivity index (χ0v) is 20.1. The Labute approximate surface area is 213 Å². The number of allylic oxidation sites excluding steroid dienone is 1. The van der Waals surface area contributed by atoms with Gasteiger partial charge in [0.2, 0.25) is 0 Å². The molecule has 0 bridgehead atoms. The standard InChI is InChI=1S/C31H20N4S/c32-19-24(31-33-29(21-36-31)23-11-3-1-4-12-23)18-25-20-35(26-14-5-2-6-15-26)34-30(25)28-17-9-13-22-10-7-8-16-27(22)28/h1-18,20-21H/b24-18+. The molecule has 4 nitrogen and oxygen atoms in total. The van der Waals surface area contributed by atoms with Gasteiger partial charge in [0.1, 0.15) is 16.8 Å². The molecule has 0 unspecified atom stereocenters. The van der Waals surface area contributed by atoms with Crippen molar-refractivity contribution in [1.82, 2.24) is 14.8 Å². The average molecular weight is 481 g/mol. The number of benzene rings is 4. The van der Waals surface area contributed by atoms with Crippen molar-refractivity contribution >= 4 is 33.8 Å². The average Bonchev–Trinajstić information content (AvgIpc) is 3.60. The van der Waals surface area contributed by atoms with Crippen LogP contribution < -0.4 is 0 Å². The van der Waals surface area contributed by atoms with Crippen molar-refractivity contribution in [2.24, 2.45) is 0 Å². The zero-order valence-electron chi connectivity index (χ0n) is 19.2. The lowest BCUT2D eigenvalue weighted by Gasteiger charge is -2.05. The number of hydrogen-bond donors (Lipinski definition) is 0. The molecule has 0 spiro atoms. The van der Waals surface area contributed by atoms with E-state index in [9.17, 15) is 5.26 Å². The largest absolute Gasteiger partial charge is 0.240 e. The number of hydrogen-bond acceptors (Lipinski definition) is 4. The van der Waals surface area contributed by atoms with Crippen LogP contribution in [0.5, 0.6) is 0 Å². The lowest BCUT2D eigenvalue weighted by atomic mass is 9.99. The van der Waals surface area contributed by atoms with Gasteiger partial charge in [-0.15, -0.1) is 11.3 Å². The summed E-state index contributed by atoms with van der Waals surface area (Å²) in [5, 5.41) is 20.0. The predicted molar refractivity (Wildman–Crippen MR) is 148 cm³/mol. The molecule has 0 fully saturated rings. The van der Waals surface area contributed by atoms with Crippen molar-refractivity contribution in [2.45, 2.75) is 0 Å². The number of fused-ring (bicyclic) bond motifs is 1. The normalized spacial score (nSPS) is 11.5. The highest BCUT2D eigenvalue weighted by Crippen LogP contribution is 2.34. The number of para-hydroxylation sites is 1. The Kier molecular flexibility index (Phi) is 5.71. The van der Waals surface area contributed by atoms with E-state index in [4.69, 9.17) is 10.1 Å². The summed E-state index contributed by atoms with van der Waals surface area (Å²) in [6.45, 7) is 0. The van der Waals surface area contributed by atoms with E-state index >= 15 is 0 Å². The summed E-state index contributed by atoms with van der Waals surface area (Å²) < 4.78 is 1.87. The van der Waals surface area contributed by atoms with Crippen LogP contribution in [0.4, 0.5) is 0 Å². The van der Waals surface area contributed by atoms with Crippen molar-refractivity contribution in [3.05, 3.63) is 125 Å². The SMILES string of the molecule is N#C/C(=C\c1cn(-c2ccccc2)nc1-c1cccc2ccccc12)c1nc(-c2ccccc2)cs1. The first kappa shape index (κ1) is 21.7. The van der Waals surface area contributed by atoms with E-state index in [1.807, 2.05) is 101 Å². The summed E-state index contributed by atoms with van der Waals surface area (Å²) >= 11 is 1.47. The minimum absolute atomic E-state index is 0.510. The summed E-state index contributed by atoms with van der Waals surface area (Å²) in [7, 11) is 0. The summed E-state index contributed by atoms with van der Waals surface area (Å²) in [4.78, 5) is 4.77. The number of rotatable bonds is 5. The molecule has 170 valence electrons. The minimum atomic E-state index is 0.510. The van der Waals surface area contributed by atoms with Crippen LogP contribution in [0.25, 0.3) is 50.6 Å². The summed E-state index contributed by atoms with van der Waals surface area (Å²) in [5.74, 6) is 0. The molecule has 6 rings (SSSR count). The number of nitriles is 1. The fraction of sp³-hybridized carbons (Fsp3) is 0. The third kappa shape index (κ3) is 4.11. The van der Waals surface area contributed by atoms with Crippen LogP contribution in [0, 0.1) is 11.3 Å². The summed E-state index contributed by atoms with van der Waals surface area (Å²) in [5.41, 5.74) is 6.08. The fourth-order valence-electron chi connectivity index (χ4n) is 4.28. The number of nitrogens with zero attached hydrogens (tertiary/aromatic N) is 4. The van der Waals surface area contributed by atoms with Crippen LogP contribution in [0.3, 0.4) is 0 Å². The first-order valence-electron chi connectivity index (χ1n) is 11.6. The maximum atomic E-state index is 10.1. The predicted octanol–water partition coefficient (Wildman–Crippen LogP) is 7.88. The first-order valence-corrected chi connectivity index (χ1v) is 12.4. The van der Waals surface area contributed by atoms with Gasteiger partial charge in [0, 0.05) is 28.3 Å². The Hall–Kier alpha value is -4.79. The van der Waals surface area contributed by atoms with E-state index in [0.717, 1.165) is 44.5 Å². The number of aromatic nitrogens is 3. The van der Waals surface area contributed by atoms with Crippen LogP contribution >= 0.6 is 11.3 Å². The Morgan fingerprint density at radius 2 is 1.56 bits per heavy atom. The topological polar surface area (TPSA) is 54.5 Å². The highest BCUT2D eigenvalue weighted by molar-refractivity contribution is 7.11. The molecule has 0 atom stereocenters. The van der Waals surface area contributed by atoms with E-state index in [1.54, 1.807) is 0 Å². The molecule has 0 amide bonds. The van der Waals surface area contributed by atoms with Crippen molar-refractivity contribution in [2.75, 3.05) is 0 Å². The molecule has 4 aromatic carbocycles. The molecule has 0 saturated carbocycles. The third-order valence-corrected chi connectivity index (χ3v) is 6.91. The van der Waals surface area contributed by atoms with Crippen LogP contribution in [-0.2, 0) is 0 Å².